The summed E-state index contributed by atoms with van der Waals surface area (Å²) in [5.41, 5.74) is 2.19. The molecule has 0 bridgehead atoms. The summed E-state index contributed by atoms with van der Waals surface area (Å²) in [5, 5.41) is 7.20. The maximum Gasteiger partial charge on any atom is 0.338 e. The normalized spacial score (nSPS) is 11.4. The molecule has 10 heteroatoms. The van der Waals surface area contributed by atoms with E-state index in [9.17, 15) is 18.0 Å². The highest BCUT2D eigenvalue weighted by atomic mass is 32.2. The van der Waals surface area contributed by atoms with Crippen LogP contribution in [0.15, 0.2) is 46.7 Å². The fraction of sp³-hybridized carbons (Fsp3) is 0.273. The van der Waals surface area contributed by atoms with Crippen molar-refractivity contribution in [3.63, 3.8) is 0 Å². The monoisotopic (exact) mass is 476 g/mol. The molecule has 0 saturated carbocycles. The molecule has 0 aliphatic carbocycles. The van der Waals surface area contributed by atoms with Gasteiger partial charge < -0.3 is 14.0 Å². The number of hydrogen-bond acceptors (Lipinski definition) is 7. The third-order valence-electron chi connectivity index (χ3n) is 5.08. The third-order valence-corrected chi connectivity index (χ3v) is 6.94. The van der Waals surface area contributed by atoms with Gasteiger partial charge in [-0.1, -0.05) is 6.07 Å². The van der Waals surface area contributed by atoms with Crippen LogP contribution in [0.1, 0.15) is 37.0 Å². The van der Waals surface area contributed by atoms with Crippen LogP contribution < -0.4 is 9.88 Å². The number of hydrogen-bond donors (Lipinski definition) is 1. The first-order valence-corrected chi connectivity index (χ1v) is 12.1. The molecule has 0 atom stereocenters. The van der Waals surface area contributed by atoms with E-state index in [-0.39, 0.29) is 22.0 Å². The molecule has 0 unspecified atom stereocenters. The van der Waals surface area contributed by atoms with E-state index in [0.29, 0.717) is 5.56 Å². The molecule has 2 aromatic heterocycles. The van der Waals surface area contributed by atoms with Crippen LogP contribution in [0.4, 0.5) is 0 Å². The Bertz CT molecular complexity index is 1240. The van der Waals surface area contributed by atoms with E-state index in [1.54, 1.807) is 17.4 Å². The van der Waals surface area contributed by atoms with Crippen LogP contribution in [0.5, 0.6) is 5.75 Å². The van der Waals surface area contributed by atoms with Crippen LogP contribution in [-0.2, 0) is 27.7 Å². The second-order valence-corrected chi connectivity index (χ2v) is 9.74. The highest BCUT2D eigenvalue weighted by Gasteiger charge is 2.21. The number of thiophene rings is 1. The average molecular weight is 477 g/mol. The summed E-state index contributed by atoms with van der Waals surface area (Å²) in [6.07, 6.45) is 0.862. The summed E-state index contributed by atoms with van der Waals surface area (Å²) in [6.45, 7) is 4.06. The minimum atomic E-state index is -4.11. The molecule has 0 aliphatic heterocycles. The standard InChI is InChI=1S/C22H24N2O6S2/c1-14-11-18(15(2)24(14)9-8-17-5-4-10-31-17)19(25)13-30-22(26)16-6-7-20(29-3)21(12-16)32(23,27)28/h4-7,10-12H,8-9,13H2,1-3H3,(H2,23,27,28). The number of nitrogens with two attached hydrogens (primary N) is 1. The van der Waals surface area contributed by atoms with Crippen molar-refractivity contribution < 1.29 is 27.5 Å². The zero-order valence-corrected chi connectivity index (χ0v) is 19.6. The van der Waals surface area contributed by atoms with Crippen LogP contribution in [0.2, 0.25) is 0 Å². The van der Waals surface area contributed by atoms with Gasteiger partial charge in [-0.25, -0.2) is 18.4 Å². The van der Waals surface area contributed by atoms with Crippen molar-refractivity contribution in [3.8, 4) is 5.75 Å². The Hall–Kier alpha value is -2.95. The molecule has 3 rings (SSSR count). The van der Waals surface area contributed by atoms with Gasteiger partial charge in [-0.2, -0.15) is 0 Å². The summed E-state index contributed by atoms with van der Waals surface area (Å²) in [7, 11) is -2.82. The third kappa shape index (κ3) is 5.26. The fourth-order valence-electron chi connectivity index (χ4n) is 3.42. The number of ether oxygens (including phenoxy) is 2. The maximum absolute atomic E-state index is 12.7. The lowest BCUT2D eigenvalue weighted by Crippen LogP contribution is -2.17. The number of aryl methyl sites for hydroxylation is 2. The van der Waals surface area contributed by atoms with E-state index < -0.39 is 22.6 Å². The van der Waals surface area contributed by atoms with Gasteiger partial charge in [-0.05, 0) is 56.0 Å². The number of ketones is 1. The topological polar surface area (TPSA) is 118 Å². The lowest BCUT2D eigenvalue weighted by Gasteiger charge is -2.10. The van der Waals surface area contributed by atoms with Gasteiger partial charge in [-0.15, -0.1) is 11.3 Å². The van der Waals surface area contributed by atoms with Crippen molar-refractivity contribution in [3.05, 3.63) is 69.2 Å². The predicted molar refractivity (Wildman–Crippen MR) is 121 cm³/mol. The first kappa shape index (κ1) is 23.7. The van der Waals surface area contributed by atoms with Crippen LogP contribution in [0.25, 0.3) is 0 Å². The van der Waals surface area contributed by atoms with Crippen molar-refractivity contribution in [2.24, 2.45) is 5.14 Å². The fourth-order valence-corrected chi connectivity index (χ4v) is 4.84. The molecule has 8 nitrogen and oxygen atoms in total. The molecule has 0 saturated heterocycles. The Morgan fingerprint density at radius 1 is 1.16 bits per heavy atom. The van der Waals surface area contributed by atoms with Gasteiger partial charge in [0.05, 0.1) is 12.7 Å². The quantitative estimate of drug-likeness (QED) is 0.375. The van der Waals surface area contributed by atoms with E-state index in [4.69, 9.17) is 14.6 Å². The van der Waals surface area contributed by atoms with Crippen molar-refractivity contribution in [2.45, 2.75) is 31.7 Å². The number of sulfonamides is 1. The Balaban J connectivity index is 1.69. The highest BCUT2D eigenvalue weighted by molar-refractivity contribution is 7.89. The Morgan fingerprint density at radius 2 is 1.91 bits per heavy atom. The molecule has 2 N–H and O–H groups in total. The number of methoxy groups -OCH3 is 1. The lowest BCUT2D eigenvalue weighted by molar-refractivity contribution is 0.0474. The van der Waals surface area contributed by atoms with Crippen molar-refractivity contribution in [1.82, 2.24) is 4.57 Å². The van der Waals surface area contributed by atoms with Gasteiger partial charge in [0.1, 0.15) is 10.6 Å². The summed E-state index contributed by atoms with van der Waals surface area (Å²) in [4.78, 5) is 26.0. The maximum atomic E-state index is 12.7. The van der Waals surface area contributed by atoms with Gasteiger partial charge in [-0.3, -0.25) is 4.79 Å². The molecule has 32 heavy (non-hydrogen) atoms. The Morgan fingerprint density at radius 3 is 2.53 bits per heavy atom. The molecule has 0 spiro atoms. The summed E-state index contributed by atoms with van der Waals surface area (Å²) < 4.78 is 35.6. The molecular weight excluding hydrogens is 452 g/mol. The van der Waals surface area contributed by atoms with Crippen LogP contribution in [-0.4, -0.2) is 38.5 Å². The summed E-state index contributed by atoms with van der Waals surface area (Å²) in [6, 6.07) is 9.58. The van der Waals surface area contributed by atoms with Gasteiger partial charge in [0.25, 0.3) is 0 Å². The van der Waals surface area contributed by atoms with Crippen LogP contribution >= 0.6 is 11.3 Å². The number of carbonyl (C=O) groups is 2. The van der Waals surface area contributed by atoms with Crippen LogP contribution in [0, 0.1) is 13.8 Å². The number of carbonyl (C=O) groups excluding carboxylic acids is 2. The number of primary sulfonamides is 1. The van der Waals surface area contributed by atoms with Crippen molar-refractivity contribution in [1.29, 1.82) is 0 Å². The van der Waals surface area contributed by atoms with Gasteiger partial charge in [0, 0.05) is 28.4 Å². The van der Waals surface area contributed by atoms with E-state index in [2.05, 4.69) is 10.6 Å². The first-order valence-electron chi connectivity index (χ1n) is 9.72. The second kappa shape index (κ2) is 9.68. The minimum absolute atomic E-state index is 0.00937. The number of benzene rings is 1. The average Bonchev–Trinajstić information content (AvgIpc) is 3.37. The van der Waals surface area contributed by atoms with Crippen molar-refractivity contribution in [2.75, 3.05) is 13.7 Å². The molecule has 170 valence electrons. The zero-order chi connectivity index (χ0) is 23.5. The van der Waals surface area contributed by atoms with Crippen LogP contribution in [0.3, 0.4) is 0 Å². The SMILES string of the molecule is COc1ccc(C(=O)OCC(=O)c2cc(C)n(CCc3cccs3)c2C)cc1S(N)(=O)=O. The summed E-state index contributed by atoms with van der Waals surface area (Å²) >= 11 is 1.69. The van der Waals surface area contributed by atoms with E-state index in [0.717, 1.165) is 30.4 Å². The Labute approximate surface area is 190 Å². The molecule has 3 aromatic rings. The van der Waals surface area contributed by atoms with E-state index >= 15 is 0 Å². The van der Waals surface area contributed by atoms with Gasteiger partial charge in [0.2, 0.25) is 15.8 Å². The second-order valence-electron chi connectivity index (χ2n) is 7.18. The van der Waals surface area contributed by atoms with E-state index in [1.807, 2.05) is 25.3 Å². The number of aromatic nitrogens is 1. The number of esters is 1. The highest BCUT2D eigenvalue weighted by Crippen LogP contribution is 2.24. The van der Waals surface area contributed by atoms with Gasteiger partial charge in [0.15, 0.2) is 6.61 Å². The molecule has 2 heterocycles. The number of rotatable bonds is 9. The number of nitrogens with zero attached hydrogens (tertiary/aromatic N) is 1. The summed E-state index contributed by atoms with van der Waals surface area (Å²) in [5.74, 6) is -1.17. The lowest BCUT2D eigenvalue weighted by atomic mass is 10.1. The smallest absolute Gasteiger partial charge is 0.338 e. The molecular formula is C22H24N2O6S2. The molecule has 0 radical (unpaired) electrons. The number of Topliss-reactive ketones (excluding diaryl/α,β-unsaturated/α-hetero) is 1. The molecule has 0 amide bonds. The largest absolute Gasteiger partial charge is 0.495 e. The zero-order valence-electron chi connectivity index (χ0n) is 18.0. The van der Waals surface area contributed by atoms with E-state index in [1.165, 1.54) is 24.1 Å². The Kier molecular flexibility index (Phi) is 7.17. The van der Waals surface area contributed by atoms with Gasteiger partial charge >= 0.3 is 5.97 Å². The molecule has 0 aliphatic rings. The minimum Gasteiger partial charge on any atom is -0.495 e. The molecule has 1 aromatic carbocycles. The molecule has 0 fully saturated rings. The predicted octanol–water partition coefficient (Wildman–Crippen LogP) is 3.10. The first-order chi connectivity index (χ1) is 15.1. The van der Waals surface area contributed by atoms with Crippen molar-refractivity contribution >= 4 is 33.1 Å².